The highest BCUT2D eigenvalue weighted by atomic mass is 16.1. The molecule has 0 amide bonds. The van der Waals surface area contributed by atoms with Gasteiger partial charge in [0.05, 0.1) is 22.4 Å². The Bertz CT molecular complexity index is 2270. The van der Waals surface area contributed by atoms with Crippen LogP contribution >= 0.6 is 0 Å². The van der Waals surface area contributed by atoms with E-state index in [9.17, 15) is 4.79 Å². The number of hydrogen-bond donors (Lipinski definition) is 0. The molecule has 5 nitrogen and oxygen atoms in total. The molecule has 0 N–H and O–H groups in total. The topological polar surface area (TPSA) is 52.7 Å². The molecule has 2 aromatic heterocycles. The van der Waals surface area contributed by atoms with Gasteiger partial charge in [0.25, 0.3) is 0 Å². The van der Waals surface area contributed by atoms with Crippen molar-refractivity contribution in [1.29, 1.82) is 0 Å². The summed E-state index contributed by atoms with van der Waals surface area (Å²) >= 11 is 0. The van der Waals surface area contributed by atoms with E-state index in [2.05, 4.69) is 92.7 Å². The molecule has 0 fully saturated rings. The van der Waals surface area contributed by atoms with E-state index in [1.807, 2.05) is 56.6 Å². The van der Waals surface area contributed by atoms with Crippen molar-refractivity contribution in [3.8, 4) is 56.2 Å². The van der Waals surface area contributed by atoms with Gasteiger partial charge in [-0.05, 0) is 63.7 Å². The van der Waals surface area contributed by atoms with Crippen molar-refractivity contribution >= 4 is 11.0 Å². The van der Waals surface area contributed by atoms with Crippen LogP contribution in [0.5, 0.6) is 0 Å². The lowest BCUT2D eigenvalue weighted by molar-refractivity contribution is 0.661. The Labute approximate surface area is 262 Å². The fraction of sp³-hybridized carbons (Fsp3) is 0.125. The van der Waals surface area contributed by atoms with Gasteiger partial charge < -0.3 is 0 Å². The van der Waals surface area contributed by atoms with E-state index in [4.69, 9.17) is 9.97 Å². The summed E-state index contributed by atoms with van der Waals surface area (Å²) in [4.78, 5) is 22.6. The van der Waals surface area contributed by atoms with E-state index in [-0.39, 0.29) is 11.1 Å². The largest absolute Gasteiger partial charge is 0.328 e. The molecule has 2 heterocycles. The number of hydrogen-bond acceptors (Lipinski definition) is 3. The zero-order chi connectivity index (χ0) is 30.9. The second-order valence-electron chi connectivity index (χ2n) is 12.4. The molecule has 5 aromatic carbocycles. The van der Waals surface area contributed by atoms with Crippen LogP contribution < -0.4 is 5.69 Å². The Morgan fingerprint density at radius 3 is 1.69 bits per heavy atom. The number of rotatable bonds is 4. The van der Waals surface area contributed by atoms with Crippen molar-refractivity contribution in [1.82, 2.24) is 19.1 Å². The Balaban J connectivity index is 1.23. The van der Waals surface area contributed by atoms with Crippen LogP contribution in [0.2, 0.25) is 0 Å². The second-order valence-corrected chi connectivity index (χ2v) is 12.4. The highest BCUT2D eigenvalue weighted by molar-refractivity contribution is 5.88. The van der Waals surface area contributed by atoms with Crippen molar-refractivity contribution in [3.05, 3.63) is 143 Å². The first-order chi connectivity index (χ1) is 21.8. The van der Waals surface area contributed by atoms with E-state index >= 15 is 0 Å². The van der Waals surface area contributed by atoms with E-state index < -0.39 is 0 Å². The highest BCUT2D eigenvalue weighted by Gasteiger charge is 2.36. The Kier molecular flexibility index (Phi) is 6.00. The average Bonchev–Trinajstić information content (AvgIpc) is 3.45. The molecular weight excluding hydrogens is 552 g/mol. The summed E-state index contributed by atoms with van der Waals surface area (Å²) in [6.45, 7) is 4.61. The van der Waals surface area contributed by atoms with Gasteiger partial charge in [-0.2, -0.15) is 0 Å². The maximum Gasteiger partial charge on any atom is 0.328 e. The molecule has 218 valence electrons. The van der Waals surface area contributed by atoms with Crippen molar-refractivity contribution in [2.24, 2.45) is 14.1 Å². The van der Waals surface area contributed by atoms with Crippen molar-refractivity contribution in [2.75, 3.05) is 0 Å². The first-order valence-corrected chi connectivity index (χ1v) is 15.3. The number of aromatic nitrogens is 4. The predicted octanol–water partition coefficient (Wildman–Crippen LogP) is 8.64. The molecule has 0 unspecified atom stereocenters. The molecule has 0 atom stereocenters. The van der Waals surface area contributed by atoms with E-state index in [1.165, 1.54) is 22.3 Å². The zero-order valence-electron chi connectivity index (χ0n) is 25.7. The summed E-state index contributed by atoms with van der Waals surface area (Å²) in [5.74, 6) is 0.715. The van der Waals surface area contributed by atoms with E-state index in [0.717, 1.165) is 50.2 Å². The van der Waals surface area contributed by atoms with Gasteiger partial charge in [0.2, 0.25) is 0 Å². The summed E-state index contributed by atoms with van der Waals surface area (Å²) in [6, 6.07) is 42.4. The minimum Gasteiger partial charge on any atom is -0.295 e. The van der Waals surface area contributed by atoms with Crippen molar-refractivity contribution < 1.29 is 0 Å². The van der Waals surface area contributed by atoms with Gasteiger partial charge >= 0.3 is 5.69 Å². The third-order valence-electron chi connectivity index (χ3n) is 9.40. The van der Waals surface area contributed by atoms with Gasteiger partial charge in [-0.3, -0.25) is 9.13 Å². The fourth-order valence-electron chi connectivity index (χ4n) is 6.83. The van der Waals surface area contributed by atoms with Gasteiger partial charge in [0.1, 0.15) is 0 Å². The third-order valence-corrected chi connectivity index (χ3v) is 9.40. The van der Waals surface area contributed by atoms with Crippen LogP contribution in [-0.2, 0) is 19.5 Å². The molecule has 1 aliphatic carbocycles. The van der Waals surface area contributed by atoms with Gasteiger partial charge in [-0.1, -0.05) is 105 Å². The van der Waals surface area contributed by atoms with Crippen molar-refractivity contribution in [2.45, 2.75) is 19.3 Å². The number of aryl methyl sites for hydroxylation is 2. The highest BCUT2D eigenvalue weighted by Crippen LogP contribution is 2.50. The second kappa shape index (κ2) is 10.00. The summed E-state index contributed by atoms with van der Waals surface area (Å²) in [5.41, 5.74) is 13.9. The number of fused-ring (bicyclic) bond motifs is 4. The van der Waals surface area contributed by atoms with Gasteiger partial charge in [0.15, 0.2) is 5.82 Å². The van der Waals surface area contributed by atoms with Crippen LogP contribution in [0.1, 0.15) is 25.0 Å². The molecule has 0 spiro atoms. The number of benzene rings is 5. The molecule has 5 heteroatoms. The molecule has 1 aliphatic rings. The maximum atomic E-state index is 12.5. The quantitative estimate of drug-likeness (QED) is 0.208. The fourth-order valence-corrected chi connectivity index (χ4v) is 6.83. The first kappa shape index (κ1) is 27.0. The summed E-state index contributed by atoms with van der Waals surface area (Å²) < 4.78 is 3.41. The minimum absolute atomic E-state index is 0.0149. The number of imidazole rings is 1. The smallest absolute Gasteiger partial charge is 0.295 e. The summed E-state index contributed by atoms with van der Waals surface area (Å²) in [5, 5.41) is 0. The SMILES string of the molecule is Cn1c(=O)n(C)c2cc(-c3ccc4c(c3)C(C)(C)c3cc(-c5cc(-c6ccccc6)nc(-c6ccccc6)n5)ccc3-4)ccc21. The lowest BCUT2D eigenvalue weighted by Crippen LogP contribution is -2.19. The molecule has 0 saturated carbocycles. The average molecular weight is 585 g/mol. The normalized spacial score (nSPS) is 13.2. The molecule has 0 aliphatic heterocycles. The van der Waals surface area contributed by atoms with E-state index in [1.54, 1.807) is 9.13 Å². The molecule has 0 radical (unpaired) electrons. The third kappa shape index (κ3) is 4.26. The van der Waals surface area contributed by atoms with Crippen LogP contribution in [-0.4, -0.2) is 19.1 Å². The lowest BCUT2D eigenvalue weighted by atomic mass is 9.81. The van der Waals surface area contributed by atoms with Crippen molar-refractivity contribution in [3.63, 3.8) is 0 Å². The predicted molar refractivity (Wildman–Crippen MR) is 183 cm³/mol. The van der Waals surface area contributed by atoms with Gasteiger partial charge in [0, 0.05) is 36.2 Å². The Morgan fingerprint density at radius 2 is 1.02 bits per heavy atom. The summed E-state index contributed by atoms with van der Waals surface area (Å²) in [6.07, 6.45) is 0. The minimum atomic E-state index is -0.210. The van der Waals surface area contributed by atoms with Crippen LogP contribution in [0.3, 0.4) is 0 Å². The molecule has 0 saturated heterocycles. The first-order valence-electron chi connectivity index (χ1n) is 15.3. The molecule has 0 bridgehead atoms. The molecule has 7 aromatic rings. The monoisotopic (exact) mass is 584 g/mol. The standard InChI is InChI=1S/C40H32N4O/c1-40(2)32-21-27(28-17-20-36-37(23-28)44(4)39(45)43(36)3)15-18-30(32)31-19-16-29(22-33(31)40)35-24-34(25-11-7-5-8-12-25)41-38(42-35)26-13-9-6-10-14-26/h5-24H,1-4H3. The molecule has 45 heavy (non-hydrogen) atoms. The van der Waals surface area contributed by atoms with Crippen LogP contribution in [0.4, 0.5) is 0 Å². The van der Waals surface area contributed by atoms with Gasteiger partial charge in [-0.25, -0.2) is 14.8 Å². The van der Waals surface area contributed by atoms with Crippen LogP contribution in [0.25, 0.3) is 67.2 Å². The zero-order valence-corrected chi connectivity index (χ0v) is 25.7. The van der Waals surface area contributed by atoms with Crippen LogP contribution in [0, 0.1) is 0 Å². The Morgan fingerprint density at radius 1 is 0.511 bits per heavy atom. The lowest BCUT2D eigenvalue weighted by Gasteiger charge is -2.22. The number of nitrogens with zero attached hydrogens (tertiary/aromatic N) is 4. The Hall–Kier alpha value is -5.55. The van der Waals surface area contributed by atoms with Gasteiger partial charge in [-0.15, -0.1) is 0 Å². The maximum absolute atomic E-state index is 12.5. The molecule has 8 rings (SSSR count). The van der Waals surface area contributed by atoms with E-state index in [0.29, 0.717) is 5.82 Å². The summed E-state index contributed by atoms with van der Waals surface area (Å²) in [7, 11) is 3.65. The van der Waals surface area contributed by atoms with Crippen LogP contribution in [0.15, 0.2) is 126 Å². The molecular formula is C40H32N4O.